The Morgan fingerprint density at radius 3 is 3.14 bits per heavy atom. The van der Waals surface area contributed by atoms with E-state index in [9.17, 15) is 4.79 Å². The summed E-state index contributed by atoms with van der Waals surface area (Å²) in [4.78, 5) is 23.0. The van der Waals surface area contributed by atoms with Gasteiger partial charge in [-0.05, 0) is 32.0 Å². The molecule has 0 saturated carbocycles. The van der Waals surface area contributed by atoms with Crippen molar-refractivity contribution in [3.05, 3.63) is 42.6 Å². The van der Waals surface area contributed by atoms with Crippen molar-refractivity contribution in [3.63, 3.8) is 0 Å². The van der Waals surface area contributed by atoms with Crippen LogP contribution in [0.25, 0.3) is 5.82 Å². The van der Waals surface area contributed by atoms with E-state index in [1.807, 2.05) is 24.2 Å². The number of pyridine rings is 1. The van der Waals surface area contributed by atoms with Gasteiger partial charge in [-0.3, -0.25) is 9.36 Å². The highest BCUT2D eigenvalue weighted by Gasteiger charge is 2.28. The van der Waals surface area contributed by atoms with Gasteiger partial charge in [0, 0.05) is 43.3 Å². The van der Waals surface area contributed by atoms with Gasteiger partial charge < -0.3 is 10.2 Å². The summed E-state index contributed by atoms with van der Waals surface area (Å²) in [5.41, 5.74) is 0.678. The minimum Gasteiger partial charge on any atom is -0.334 e. The number of likely N-dealkylation sites (N-methyl/N-ethyl adjacent to an activating group) is 1. The first kappa shape index (κ1) is 13.8. The van der Waals surface area contributed by atoms with Crippen LogP contribution in [-0.4, -0.2) is 51.5 Å². The predicted octanol–water partition coefficient (Wildman–Crippen LogP) is 1.09. The summed E-state index contributed by atoms with van der Waals surface area (Å²) in [6.07, 6.45) is 8.99. The summed E-state index contributed by atoms with van der Waals surface area (Å²) in [5, 5.41) is 3.16. The molecule has 1 aliphatic rings. The molecule has 0 radical (unpaired) electrons. The second-order valence-electron chi connectivity index (χ2n) is 5.22. The molecule has 0 spiro atoms. The zero-order valence-electron chi connectivity index (χ0n) is 12.1. The monoisotopic (exact) mass is 285 g/mol. The summed E-state index contributed by atoms with van der Waals surface area (Å²) in [6.45, 7) is 1.67. The number of nitrogens with one attached hydrogen (secondary N) is 1. The number of hydrogen-bond acceptors (Lipinski definition) is 4. The predicted molar refractivity (Wildman–Crippen MR) is 79.3 cm³/mol. The van der Waals surface area contributed by atoms with Gasteiger partial charge in [-0.25, -0.2) is 9.97 Å². The molecule has 2 aromatic heterocycles. The van der Waals surface area contributed by atoms with Crippen molar-refractivity contribution >= 4 is 5.91 Å². The summed E-state index contributed by atoms with van der Waals surface area (Å²) in [5.74, 6) is 0.791. The van der Waals surface area contributed by atoms with Gasteiger partial charge in [0.1, 0.15) is 12.1 Å². The number of aromatic nitrogens is 3. The SMILES string of the molecule is CNCC1CCCN1C(=O)c1ccnc(-n2ccnc2)c1. The lowest BCUT2D eigenvalue weighted by atomic mass is 10.2. The van der Waals surface area contributed by atoms with E-state index >= 15 is 0 Å². The highest BCUT2D eigenvalue weighted by molar-refractivity contribution is 5.95. The molecule has 1 atom stereocenters. The lowest BCUT2D eigenvalue weighted by Gasteiger charge is -2.24. The Kier molecular flexibility index (Phi) is 3.96. The summed E-state index contributed by atoms with van der Waals surface area (Å²) in [7, 11) is 1.92. The number of amides is 1. The molecule has 0 bridgehead atoms. The fraction of sp³-hybridized carbons (Fsp3) is 0.400. The second-order valence-corrected chi connectivity index (χ2v) is 5.22. The smallest absolute Gasteiger partial charge is 0.254 e. The Hall–Kier alpha value is -2.21. The Morgan fingerprint density at radius 2 is 2.38 bits per heavy atom. The second kappa shape index (κ2) is 6.05. The Balaban J connectivity index is 1.83. The van der Waals surface area contributed by atoms with Gasteiger partial charge in [0.2, 0.25) is 0 Å². The molecule has 3 rings (SSSR count). The number of rotatable bonds is 4. The van der Waals surface area contributed by atoms with Crippen LogP contribution in [0.1, 0.15) is 23.2 Å². The highest BCUT2D eigenvalue weighted by atomic mass is 16.2. The van der Waals surface area contributed by atoms with E-state index in [-0.39, 0.29) is 11.9 Å². The Morgan fingerprint density at radius 1 is 1.48 bits per heavy atom. The lowest BCUT2D eigenvalue weighted by molar-refractivity contribution is 0.0737. The molecule has 0 aromatic carbocycles. The maximum atomic E-state index is 12.7. The van der Waals surface area contributed by atoms with Gasteiger partial charge >= 0.3 is 0 Å². The van der Waals surface area contributed by atoms with Gasteiger partial charge in [-0.1, -0.05) is 0 Å². The average Bonchev–Trinajstić information content (AvgIpc) is 3.18. The third-order valence-corrected chi connectivity index (χ3v) is 3.84. The van der Waals surface area contributed by atoms with Crippen molar-refractivity contribution in [1.29, 1.82) is 0 Å². The van der Waals surface area contributed by atoms with Crippen LogP contribution in [-0.2, 0) is 0 Å². The normalized spacial score (nSPS) is 18.1. The number of likely N-dealkylation sites (tertiary alicyclic amines) is 1. The topological polar surface area (TPSA) is 63.1 Å². The van der Waals surface area contributed by atoms with Crippen LogP contribution < -0.4 is 5.32 Å². The third kappa shape index (κ3) is 2.80. The van der Waals surface area contributed by atoms with Crippen molar-refractivity contribution in [2.24, 2.45) is 0 Å². The standard InChI is InChI=1S/C15H19N5O/c1-16-10-13-3-2-7-20(13)15(21)12-4-5-18-14(9-12)19-8-6-17-11-19/h4-6,8-9,11,13,16H,2-3,7,10H2,1H3. The molecule has 1 aliphatic heterocycles. The molecule has 1 N–H and O–H groups in total. The zero-order valence-corrected chi connectivity index (χ0v) is 12.1. The zero-order chi connectivity index (χ0) is 14.7. The fourth-order valence-electron chi connectivity index (χ4n) is 2.80. The van der Waals surface area contributed by atoms with Crippen LogP contribution in [0, 0.1) is 0 Å². The number of nitrogens with zero attached hydrogens (tertiary/aromatic N) is 4. The maximum Gasteiger partial charge on any atom is 0.254 e. The van der Waals surface area contributed by atoms with Gasteiger partial charge in [0.25, 0.3) is 5.91 Å². The van der Waals surface area contributed by atoms with Crippen LogP contribution >= 0.6 is 0 Å². The minimum atomic E-state index is 0.0801. The van der Waals surface area contributed by atoms with Crippen LogP contribution in [0.3, 0.4) is 0 Å². The van der Waals surface area contributed by atoms with Crippen LogP contribution in [0.15, 0.2) is 37.1 Å². The molecule has 1 saturated heterocycles. The highest BCUT2D eigenvalue weighted by Crippen LogP contribution is 2.20. The van der Waals surface area contributed by atoms with Crippen LogP contribution in [0.5, 0.6) is 0 Å². The van der Waals surface area contributed by atoms with Gasteiger partial charge in [-0.15, -0.1) is 0 Å². The van der Waals surface area contributed by atoms with E-state index in [0.29, 0.717) is 11.4 Å². The number of hydrogen-bond donors (Lipinski definition) is 1. The van der Waals surface area contributed by atoms with E-state index in [4.69, 9.17) is 0 Å². The van der Waals surface area contributed by atoms with Gasteiger partial charge in [0.15, 0.2) is 0 Å². The summed E-state index contributed by atoms with van der Waals surface area (Å²) >= 11 is 0. The Bertz CT molecular complexity index is 610. The molecule has 110 valence electrons. The molecule has 0 aliphatic carbocycles. The summed E-state index contributed by atoms with van der Waals surface area (Å²) in [6, 6.07) is 3.88. The van der Waals surface area contributed by atoms with Crippen molar-refractivity contribution in [1.82, 2.24) is 24.8 Å². The first-order valence-corrected chi connectivity index (χ1v) is 7.19. The molecule has 3 heterocycles. The quantitative estimate of drug-likeness (QED) is 0.913. The van der Waals surface area contributed by atoms with Crippen LogP contribution in [0.2, 0.25) is 0 Å². The third-order valence-electron chi connectivity index (χ3n) is 3.84. The molecule has 6 nitrogen and oxygen atoms in total. The molecule has 1 fully saturated rings. The fourth-order valence-corrected chi connectivity index (χ4v) is 2.80. The molecular formula is C15H19N5O. The van der Waals surface area contributed by atoms with Crippen molar-refractivity contribution in [2.45, 2.75) is 18.9 Å². The largest absolute Gasteiger partial charge is 0.334 e. The number of carbonyl (C=O) groups excluding carboxylic acids is 1. The number of carbonyl (C=O) groups is 1. The first-order chi connectivity index (χ1) is 10.3. The molecule has 2 aromatic rings. The van der Waals surface area contributed by atoms with Crippen LogP contribution in [0.4, 0.5) is 0 Å². The van der Waals surface area contributed by atoms with Crippen molar-refractivity contribution in [2.75, 3.05) is 20.1 Å². The minimum absolute atomic E-state index is 0.0801. The molecule has 21 heavy (non-hydrogen) atoms. The molecule has 1 amide bonds. The van der Waals surface area contributed by atoms with Gasteiger partial charge in [-0.2, -0.15) is 0 Å². The van der Waals surface area contributed by atoms with E-state index in [2.05, 4.69) is 15.3 Å². The molecule has 1 unspecified atom stereocenters. The van der Waals surface area contributed by atoms with E-state index in [1.165, 1.54) is 0 Å². The van der Waals surface area contributed by atoms with Gasteiger partial charge in [0.05, 0.1) is 0 Å². The van der Waals surface area contributed by atoms with Crippen molar-refractivity contribution in [3.8, 4) is 5.82 Å². The number of imidazole rings is 1. The first-order valence-electron chi connectivity index (χ1n) is 7.19. The Labute approximate surface area is 123 Å². The summed E-state index contributed by atoms with van der Waals surface area (Å²) < 4.78 is 1.80. The van der Waals surface area contributed by atoms with E-state index in [0.717, 1.165) is 25.9 Å². The maximum absolute atomic E-state index is 12.7. The average molecular weight is 285 g/mol. The van der Waals surface area contributed by atoms with E-state index < -0.39 is 0 Å². The molecule has 6 heteroatoms. The lowest BCUT2D eigenvalue weighted by Crippen LogP contribution is -2.40. The molecular weight excluding hydrogens is 266 g/mol. The van der Waals surface area contributed by atoms with Crippen molar-refractivity contribution < 1.29 is 4.79 Å². The van der Waals surface area contributed by atoms with E-state index in [1.54, 1.807) is 29.4 Å².